The molecule has 0 aliphatic heterocycles. The molecule has 0 amide bonds. The van der Waals surface area contributed by atoms with Gasteiger partial charge in [0.15, 0.2) is 0 Å². The molecule has 0 saturated heterocycles. The second-order valence-corrected chi connectivity index (χ2v) is 3.66. The summed E-state index contributed by atoms with van der Waals surface area (Å²) in [6.07, 6.45) is 5.34. The van der Waals surface area contributed by atoms with E-state index in [2.05, 4.69) is 25.3 Å². The predicted octanol–water partition coefficient (Wildman–Crippen LogP) is 3.40. The van der Waals surface area contributed by atoms with Gasteiger partial charge in [-0.05, 0) is 31.1 Å². The molecule has 0 spiro atoms. The van der Waals surface area contributed by atoms with Crippen LogP contribution < -0.4 is 5.63 Å². The van der Waals surface area contributed by atoms with E-state index in [1.54, 1.807) is 13.0 Å². The third-order valence-electron chi connectivity index (χ3n) is 2.25. The van der Waals surface area contributed by atoms with Crippen molar-refractivity contribution in [3.63, 3.8) is 0 Å². The van der Waals surface area contributed by atoms with Crippen molar-refractivity contribution in [1.82, 2.24) is 0 Å². The second kappa shape index (κ2) is 6.55. The molecule has 0 bridgehead atoms. The molecule has 2 heteroatoms. The molecule has 0 atom stereocenters. The predicted molar refractivity (Wildman–Crippen MR) is 70.5 cm³/mol. The second-order valence-electron chi connectivity index (χ2n) is 3.66. The molecule has 1 aromatic heterocycles. The van der Waals surface area contributed by atoms with Gasteiger partial charge in [0.1, 0.15) is 6.26 Å². The Morgan fingerprint density at radius 2 is 2.29 bits per heavy atom. The normalized spacial score (nSPS) is 10.6. The molecule has 0 saturated carbocycles. The lowest BCUT2D eigenvalue weighted by Gasteiger charge is -2.04. The van der Waals surface area contributed by atoms with Crippen LogP contribution in [0.15, 0.2) is 45.3 Å². The van der Waals surface area contributed by atoms with Gasteiger partial charge in [-0.2, -0.15) is 0 Å². The quantitative estimate of drug-likeness (QED) is 0.584. The number of allylic oxidation sites excluding steroid dienone is 2. The first-order valence-electron chi connectivity index (χ1n) is 5.58. The molecule has 2 nitrogen and oxygen atoms in total. The molecule has 1 aromatic rings. The van der Waals surface area contributed by atoms with Crippen LogP contribution in [0.25, 0.3) is 6.08 Å². The van der Waals surface area contributed by atoms with Crippen molar-refractivity contribution in [2.45, 2.75) is 26.7 Å². The number of rotatable bonds is 4. The summed E-state index contributed by atoms with van der Waals surface area (Å²) < 4.78 is 4.81. The van der Waals surface area contributed by atoms with Crippen molar-refractivity contribution < 1.29 is 4.42 Å². The Labute approximate surface area is 102 Å². The average Bonchev–Trinajstić information content (AvgIpc) is 2.31. The van der Waals surface area contributed by atoms with Gasteiger partial charge in [-0.15, -0.1) is 5.92 Å². The maximum absolute atomic E-state index is 10.8. The maximum atomic E-state index is 10.8. The zero-order valence-corrected chi connectivity index (χ0v) is 10.2. The molecule has 88 valence electrons. The highest BCUT2D eigenvalue weighted by molar-refractivity contribution is 5.60. The lowest BCUT2D eigenvalue weighted by molar-refractivity contribution is 0.509. The molecule has 17 heavy (non-hydrogen) atoms. The van der Waals surface area contributed by atoms with Crippen molar-refractivity contribution in [2.75, 3.05) is 0 Å². The van der Waals surface area contributed by atoms with E-state index in [1.165, 1.54) is 12.3 Å². The topological polar surface area (TPSA) is 30.2 Å². The minimum absolute atomic E-state index is 0.341. The molecule has 1 heterocycles. The first-order chi connectivity index (χ1) is 8.17. The zero-order valence-electron chi connectivity index (χ0n) is 10.2. The van der Waals surface area contributed by atoms with E-state index in [9.17, 15) is 4.79 Å². The van der Waals surface area contributed by atoms with Crippen LogP contribution in [0.5, 0.6) is 0 Å². The SMILES string of the molecule is C=C(C#CC)/C(=C\c1ccc(=O)oc1)CCC. The van der Waals surface area contributed by atoms with Gasteiger partial charge in [-0.1, -0.05) is 25.8 Å². The van der Waals surface area contributed by atoms with Crippen LogP contribution in [0.3, 0.4) is 0 Å². The summed E-state index contributed by atoms with van der Waals surface area (Å²) >= 11 is 0. The van der Waals surface area contributed by atoms with Crippen LogP contribution in [0.1, 0.15) is 32.3 Å². The Balaban J connectivity index is 3.03. The fourth-order valence-corrected chi connectivity index (χ4v) is 1.46. The van der Waals surface area contributed by atoms with Crippen molar-refractivity contribution in [3.05, 3.63) is 52.1 Å². The number of hydrogen-bond acceptors (Lipinski definition) is 2. The Morgan fingerprint density at radius 1 is 1.53 bits per heavy atom. The Kier molecular flexibility index (Phi) is 5.03. The van der Waals surface area contributed by atoms with Gasteiger partial charge < -0.3 is 4.42 Å². The third-order valence-corrected chi connectivity index (χ3v) is 2.25. The van der Waals surface area contributed by atoms with Crippen LogP contribution >= 0.6 is 0 Å². The molecular weight excluding hydrogens is 212 g/mol. The van der Waals surface area contributed by atoms with Crippen LogP contribution in [-0.2, 0) is 0 Å². The molecule has 0 N–H and O–H groups in total. The van der Waals surface area contributed by atoms with E-state index < -0.39 is 0 Å². The molecular formula is C15H16O2. The average molecular weight is 228 g/mol. The largest absolute Gasteiger partial charge is 0.431 e. The summed E-state index contributed by atoms with van der Waals surface area (Å²) in [5.74, 6) is 5.79. The lowest BCUT2D eigenvalue weighted by Crippen LogP contribution is -1.94. The van der Waals surface area contributed by atoms with Gasteiger partial charge in [-0.25, -0.2) is 4.79 Å². The highest BCUT2D eigenvalue weighted by Crippen LogP contribution is 2.17. The summed E-state index contributed by atoms with van der Waals surface area (Å²) in [6, 6.07) is 3.14. The smallest absolute Gasteiger partial charge is 0.335 e. The highest BCUT2D eigenvalue weighted by atomic mass is 16.4. The van der Waals surface area contributed by atoms with Crippen molar-refractivity contribution in [3.8, 4) is 11.8 Å². The summed E-state index contributed by atoms with van der Waals surface area (Å²) in [7, 11) is 0. The molecule has 0 aromatic carbocycles. The fraction of sp³-hybridized carbons (Fsp3) is 0.267. The highest BCUT2D eigenvalue weighted by Gasteiger charge is 2.00. The first-order valence-corrected chi connectivity index (χ1v) is 5.58. The van der Waals surface area contributed by atoms with Gasteiger partial charge in [0, 0.05) is 17.2 Å². The van der Waals surface area contributed by atoms with Gasteiger partial charge in [0.05, 0.1) is 0 Å². The Bertz CT molecular complexity index is 516. The van der Waals surface area contributed by atoms with Crippen LogP contribution in [0, 0.1) is 11.8 Å². The van der Waals surface area contributed by atoms with E-state index in [4.69, 9.17) is 4.42 Å². The van der Waals surface area contributed by atoms with Crippen LogP contribution in [0.2, 0.25) is 0 Å². The van der Waals surface area contributed by atoms with Gasteiger partial charge in [0.2, 0.25) is 0 Å². The van der Waals surface area contributed by atoms with E-state index in [0.717, 1.165) is 29.6 Å². The standard InChI is InChI=1S/C15H16O2/c1-4-6-12(3)14(7-5-2)10-13-8-9-15(16)17-11-13/h8-11H,3,5,7H2,1-2H3/b14-10-. The zero-order chi connectivity index (χ0) is 12.7. The van der Waals surface area contributed by atoms with E-state index in [1.807, 2.05) is 6.08 Å². The number of hydrogen-bond donors (Lipinski definition) is 0. The van der Waals surface area contributed by atoms with E-state index in [0.29, 0.717) is 0 Å². The molecule has 0 aliphatic rings. The minimum Gasteiger partial charge on any atom is -0.431 e. The molecule has 0 unspecified atom stereocenters. The third kappa shape index (κ3) is 4.16. The lowest BCUT2D eigenvalue weighted by atomic mass is 10.0. The van der Waals surface area contributed by atoms with E-state index in [-0.39, 0.29) is 5.63 Å². The van der Waals surface area contributed by atoms with Crippen LogP contribution in [0.4, 0.5) is 0 Å². The van der Waals surface area contributed by atoms with Gasteiger partial charge >= 0.3 is 5.63 Å². The molecule has 0 radical (unpaired) electrons. The first kappa shape index (κ1) is 13.1. The Morgan fingerprint density at radius 3 is 2.82 bits per heavy atom. The van der Waals surface area contributed by atoms with E-state index >= 15 is 0 Å². The fourth-order valence-electron chi connectivity index (χ4n) is 1.46. The summed E-state index contributed by atoms with van der Waals surface area (Å²) in [5, 5.41) is 0. The molecule has 1 rings (SSSR count). The van der Waals surface area contributed by atoms with Crippen molar-refractivity contribution >= 4 is 6.08 Å². The van der Waals surface area contributed by atoms with Crippen molar-refractivity contribution in [1.29, 1.82) is 0 Å². The maximum Gasteiger partial charge on any atom is 0.335 e. The molecule has 0 fully saturated rings. The van der Waals surface area contributed by atoms with Gasteiger partial charge in [-0.3, -0.25) is 0 Å². The monoisotopic (exact) mass is 228 g/mol. The summed E-state index contributed by atoms with van der Waals surface area (Å²) in [5.41, 5.74) is 2.41. The van der Waals surface area contributed by atoms with Crippen molar-refractivity contribution in [2.24, 2.45) is 0 Å². The van der Waals surface area contributed by atoms with Crippen LogP contribution in [-0.4, -0.2) is 0 Å². The summed E-state index contributed by atoms with van der Waals surface area (Å²) in [4.78, 5) is 10.8. The Hall–Kier alpha value is -2.01. The summed E-state index contributed by atoms with van der Waals surface area (Å²) in [6.45, 7) is 7.83. The molecule has 0 aliphatic carbocycles. The minimum atomic E-state index is -0.341. The van der Waals surface area contributed by atoms with Gasteiger partial charge in [0.25, 0.3) is 0 Å².